The van der Waals surface area contributed by atoms with Crippen molar-refractivity contribution in [2.45, 2.75) is 13.1 Å². The molecule has 33 heavy (non-hydrogen) atoms. The molecule has 3 heterocycles. The average molecular weight is 450 g/mol. The van der Waals surface area contributed by atoms with Gasteiger partial charge in [0.1, 0.15) is 11.4 Å². The van der Waals surface area contributed by atoms with E-state index in [2.05, 4.69) is 20.1 Å². The molecule has 0 aliphatic heterocycles. The van der Waals surface area contributed by atoms with Crippen molar-refractivity contribution >= 4 is 5.65 Å². The molecule has 5 aromatic rings. The normalized spacial score (nSPS) is 11.8. The van der Waals surface area contributed by atoms with Crippen molar-refractivity contribution in [1.82, 2.24) is 29.1 Å². The van der Waals surface area contributed by atoms with Gasteiger partial charge in [-0.05, 0) is 37.3 Å². The van der Waals surface area contributed by atoms with Crippen molar-refractivity contribution in [3.05, 3.63) is 78.6 Å². The fourth-order valence-corrected chi connectivity index (χ4v) is 3.57. The van der Waals surface area contributed by atoms with Crippen LogP contribution in [0.25, 0.3) is 34.0 Å². The number of ether oxygens (including phenoxy) is 1. The molecule has 0 N–H and O–H groups in total. The second-order valence-electron chi connectivity index (χ2n) is 7.37. The maximum absolute atomic E-state index is 13.2. The third kappa shape index (κ3) is 3.79. The SMILES string of the molecule is COc1cc(-c2nc3c(-c4cccc(C(F)(F)F)c4)nccn3n2)ccc1-n1cnc(C)c1. The quantitative estimate of drug-likeness (QED) is 0.386. The maximum atomic E-state index is 13.2. The van der Waals surface area contributed by atoms with E-state index >= 15 is 0 Å². The van der Waals surface area contributed by atoms with E-state index in [4.69, 9.17) is 4.74 Å². The number of halogens is 3. The number of alkyl halides is 3. The van der Waals surface area contributed by atoms with Crippen molar-refractivity contribution in [1.29, 1.82) is 0 Å². The average Bonchev–Trinajstić information content (AvgIpc) is 3.44. The van der Waals surface area contributed by atoms with Gasteiger partial charge in [0.15, 0.2) is 11.5 Å². The summed E-state index contributed by atoms with van der Waals surface area (Å²) in [5.41, 5.74) is 2.57. The second kappa shape index (κ2) is 7.73. The van der Waals surface area contributed by atoms with Crippen molar-refractivity contribution in [3.63, 3.8) is 0 Å². The molecule has 0 saturated carbocycles. The summed E-state index contributed by atoms with van der Waals surface area (Å²) in [7, 11) is 1.57. The van der Waals surface area contributed by atoms with Gasteiger partial charge in [-0.15, -0.1) is 5.10 Å². The molecule has 0 radical (unpaired) electrons. The van der Waals surface area contributed by atoms with E-state index in [1.165, 1.54) is 16.8 Å². The van der Waals surface area contributed by atoms with Crippen LogP contribution in [-0.2, 0) is 6.18 Å². The van der Waals surface area contributed by atoms with Crippen LogP contribution in [0.4, 0.5) is 13.2 Å². The Morgan fingerprint density at radius 1 is 1.00 bits per heavy atom. The van der Waals surface area contributed by atoms with E-state index in [-0.39, 0.29) is 0 Å². The molecule has 3 aromatic heterocycles. The van der Waals surface area contributed by atoms with E-state index in [0.29, 0.717) is 34.0 Å². The van der Waals surface area contributed by atoms with E-state index in [1.807, 2.05) is 29.8 Å². The van der Waals surface area contributed by atoms with Crippen molar-refractivity contribution in [2.75, 3.05) is 7.11 Å². The number of imidazole rings is 1. The first kappa shape index (κ1) is 20.7. The topological polar surface area (TPSA) is 70.1 Å². The molecule has 166 valence electrons. The highest BCUT2D eigenvalue weighted by Gasteiger charge is 2.30. The number of rotatable bonds is 4. The number of fused-ring (bicyclic) bond motifs is 1. The maximum Gasteiger partial charge on any atom is 0.416 e. The Morgan fingerprint density at radius 3 is 2.58 bits per heavy atom. The third-order valence-electron chi connectivity index (χ3n) is 5.15. The van der Waals surface area contributed by atoms with Crippen LogP contribution in [0.1, 0.15) is 11.3 Å². The van der Waals surface area contributed by atoms with Gasteiger partial charge >= 0.3 is 6.18 Å². The zero-order chi connectivity index (χ0) is 23.2. The first-order chi connectivity index (χ1) is 15.8. The Hall–Kier alpha value is -4.21. The molecule has 0 spiro atoms. The number of hydrogen-bond donors (Lipinski definition) is 0. The van der Waals surface area contributed by atoms with Crippen LogP contribution >= 0.6 is 0 Å². The van der Waals surface area contributed by atoms with Crippen LogP contribution in [-0.4, -0.2) is 36.2 Å². The highest BCUT2D eigenvalue weighted by molar-refractivity contribution is 5.76. The molecular weight excluding hydrogens is 433 g/mol. The molecule has 0 atom stereocenters. The van der Waals surface area contributed by atoms with Crippen LogP contribution in [0, 0.1) is 6.92 Å². The van der Waals surface area contributed by atoms with Crippen LogP contribution < -0.4 is 4.74 Å². The second-order valence-corrected chi connectivity index (χ2v) is 7.37. The van der Waals surface area contributed by atoms with Crippen molar-refractivity contribution < 1.29 is 17.9 Å². The van der Waals surface area contributed by atoms with Gasteiger partial charge in [0.25, 0.3) is 0 Å². The zero-order valence-electron chi connectivity index (χ0n) is 17.6. The van der Waals surface area contributed by atoms with Gasteiger partial charge in [0, 0.05) is 29.7 Å². The van der Waals surface area contributed by atoms with E-state index < -0.39 is 11.7 Å². The van der Waals surface area contributed by atoms with Crippen LogP contribution in [0.15, 0.2) is 67.4 Å². The first-order valence-corrected chi connectivity index (χ1v) is 9.92. The summed E-state index contributed by atoms with van der Waals surface area (Å²) in [6.45, 7) is 1.90. The molecule has 0 amide bonds. The van der Waals surface area contributed by atoms with Crippen LogP contribution in [0.2, 0.25) is 0 Å². The van der Waals surface area contributed by atoms with Gasteiger partial charge in [0.2, 0.25) is 0 Å². The molecule has 0 bridgehead atoms. The van der Waals surface area contributed by atoms with Gasteiger partial charge in [-0.1, -0.05) is 12.1 Å². The Morgan fingerprint density at radius 2 is 1.85 bits per heavy atom. The van der Waals surface area contributed by atoms with Crippen molar-refractivity contribution in [2.24, 2.45) is 0 Å². The summed E-state index contributed by atoms with van der Waals surface area (Å²) < 4.78 is 48.4. The molecule has 0 aliphatic carbocycles. The number of aryl methyl sites for hydroxylation is 1. The van der Waals surface area contributed by atoms with Crippen LogP contribution in [0.5, 0.6) is 5.75 Å². The van der Waals surface area contributed by atoms with Gasteiger partial charge in [0.05, 0.1) is 30.4 Å². The Kier molecular flexibility index (Phi) is 4.85. The van der Waals surface area contributed by atoms with Gasteiger partial charge in [-0.3, -0.25) is 4.98 Å². The molecular formula is C23H17F3N6O. The highest BCUT2D eigenvalue weighted by atomic mass is 19.4. The minimum atomic E-state index is -4.45. The summed E-state index contributed by atoms with van der Waals surface area (Å²) >= 11 is 0. The Balaban J connectivity index is 1.59. The molecule has 10 heteroatoms. The summed E-state index contributed by atoms with van der Waals surface area (Å²) in [5.74, 6) is 0.989. The van der Waals surface area contributed by atoms with Gasteiger partial charge in [-0.2, -0.15) is 13.2 Å². The summed E-state index contributed by atoms with van der Waals surface area (Å²) in [6, 6.07) is 10.5. The monoisotopic (exact) mass is 450 g/mol. The lowest BCUT2D eigenvalue weighted by Crippen LogP contribution is -2.04. The lowest BCUT2D eigenvalue weighted by atomic mass is 10.1. The van der Waals surface area contributed by atoms with E-state index in [1.54, 1.807) is 31.8 Å². The molecule has 0 unspecified atom stereocenters. The summed E-state index contributed by atoms with van der Waals surface area (Å²) in [4.78, 5) is 13.1. The van der Waals surface area contributed by atoms with Crippen LogP contribution in [0.3, 0.4) is 0 Å². The number of benzene rings is 2. The number of methoxy groups -OCH3 is 1. The number of nitrogens with zero attached hydrogens (tertiary/aromatic N) is 6. The lowest BCUT2D eigenvalue weighted by Gasteiger charge is -2.10. The summed E-state index contributed by atoms with van der Waals surface area (Å²) in [5, 5.41) is 4.49. The van der Waals surface area contributed by atoms with Crippen molar-refractivity contribution in [3.8, 4) is 34.1 Å². The van der Waals surface area contributed by atoms with E-state index in [9.17, 15) is 13.2 Å². The fraction of sp³-hybridized carbons (Fsp3) is 0.130. The van der Waals surface area contributed by atoms with Gasteiger partial charge < -0.3 is 9.30 Å². The molecule has 0 aliphatic rings. The molecule has 0 fully saturated rings. The first-order valence-electron chi connectivity index (χ1n) is 9.92. The third-order valence-corrected chi connectivity index (χ3v) is 5.15. The smallest absolute Gasteiger partial charge is 0.416 e. The number of aromatic nitrogens is 6. The lowest BCUT2D eigenvalue weighted by molar-refractivity contribution is -0.137. The summed E-state index contributed by atoms with van der Waals surface area (Å²) in [6.07, 6.45) is 2.21. The molecule has 7 nitrogen and oxygen atoms in total. The predicted molar refractivity (Wildman–Crippen MR) is 115 cm³/mol. The van der Waals surface area contributed by atoms with Gasteiger partial charge in [-0.25, -0.2) is 14.5 Å². The van der Waals surface area contributed by atoms with E-state index in [0.717, 1.165) is 23.5 Å². The highest BCUT2D eigenvalue weighted by Crippen LogP contribution is 2.33. The standard InChI is InChI=1S/C23H17F3N6O/c1-14-12-31(13-28-14)18-7-6-16(11-19(18)33-2)21-29-22-20(27-8-9-32(22)30-21)15-4-3-5-17(10-15)23(24,25)26/h3-13H,1-2H3. The predicted octanol–water partition coefficient (Wildman–Crippen LogP) is 4.98. The zero-order valence-corrected chi connectivity index (χ0v) is 17.6. The molecule has 2 aromatic carbocycles. The fourth-order valence-electron chi connectivity index (χ4n) is 3.57. The number of hydrogen-bond acceptors (Lipinski definition) is 5. The minimum absolute atomic E-state index is 0.304. The molecule has 5 rings (SSSR count). The minimum Gasteiger partial charge on any atom is -0.495 e. The Labute approximate surface area is 186 Å². The Bertz CT molecular complexity index is 1470. The largest absolute Gasteiger partial charge is 0.495 e. The molecule has 0 saturated heterocycles.